The van der Waals surface area contributed by atoms with E-state index in [1.54, 1.807) is 0 Å². The Morgan fingerprint density at radius 2 is 2.12 bits per heavy atom. The molecule has 0 heterocycles. The van der Waals surface area contributed by atoms with E-state index in [-0.39, 0.29) is 0 Å². The fourth-order valence-corrected chi connectivity index (χ4v) is 0.813. The Morgan fingerprint density at radius 3 is 2.50 bits per heavy atom. The van der Waals surface area contributed by atoms with Crippen molar-refractivity contribution in [1.29, 1.82) is 0 Å². The van der Waals surface area contributed by atoms with E-state index >= 15 is 0 Å². The Hall–Kier alpha value is 0.700. The summed E-state index contributed by atoms with van der Waals surface area (Å²) in [5.41, 5.74) is 1.41. The van der Waals surface area contributed by atoms with Crippen molar-refractivity contribution in [3.63, 3.8) is 0 Å². The van der Waals surface area contributed by atoms with Crippen molar-refractivity contribution >= 4 is 31.9 Å². The molecule has 0 aromatic carbocycles. The summed E-state index contributed by atoms with van der Waals surface area (Å²) < 4.78 is 0. The van der Waals surface area contributed by atoms with Crippen LogP contribution in [0.15, 0.2) is 11.6 Å². The number of halogens is 2. The van der Waals surface area contributed by atoms with Gasteiger partial charge in [-0.15, -0.1) is 0 Å². The average Bonchev–Trinajstić information content (AvgIpc) is 1.83. The second-order valence-corrected chi connectivity index (χ2v) is 3.02. The van der Waals surface area contributed by atoms with Gasteiger partial charge >= 0.3 is 0 Å². The molecule has 0 fully saturated rings. The van der Waals surface area contributed by atoms with Crippen LogP contribution in [0.1, 0.15) is 13.3 Å². The highest BCUT2D eigenvalue weighted by Crippen LogP contribution is 2.00. The van der Waals surface area contributed by atoms with Crippen molar-refractivity contribution in [2.75, 3.05) is 10.7 Å². The molecule has 0 aliphatic rings. The molecular weight excluding hydrogens is 232 g/mol. The lowest BCUT2D eigenvalue weighted by Crippen LogP contribution is -1.75. The quantitative estimate of drug-likeness (QED) is 0.526. The molecule has 48 valence electrons. The third kappa shape index (κ3) is 4.85. The molecule has 0 radical (unpaired) electrons. The maximum atomic E-state index is 3.36. The molecule has 0 N–H and O–H groups in total. The lowest BCUT2D eigenvalue weighted by Gasteiger charge is -1.89. The summed E-state index contributed by atoms with van der Waals surface area (Å²) in [6.45, 7) is 2.12. The predicted molar refractivity (Wildman–Crippen MR) is 46.0 cm³/mol. The zero-order valence-corrected chi connectivity index (χ0v) is 8.13. The second kappa shape index (κ2) is 5.83. The van der Waals surface area contributed by atoms with Gasteiger partial charge in [0.25, 0.3) is 0 Å². The van der Waals surface area contributed by atoms with Crippen molar-refractivity contribution in [1.82, 2.24) is 0 Å². The molecule has 0 spiro atoms. The molecule has 0 aromatic heterocycles. The number of rotatable bonds is 3. The van der Waals surface area contributed by atoms with Gasteiger partial charge < -0.3 is 0 Å². The molecule has 0 saturated heterocycles. The van der Waals surface area contributed by atoms with Crippen molar-refractivity contribution in [3.8, 4) is 0 Å². The molecule has 0 unspecified atom stereocenters. The monoisotopic (exact) mass is 240 g/mol. The number of allylic oxidation sites excluding steroid dienone is 2. The van der Waals surface area contributed by atoms with Crippen molar-refractivity contribution < 1.29 is 0 Å². The van der Waals surface area contributed by atoms with Crippen LogP contribution in [0.3, 0.4) is 0 Å². The topological polar surface area (TPSA) is 0 Å². The van der Waals surface area contributed by atoms with Gasteiger partial charge in [-0.2, -0.15) is 0 Å². The number of hydrogen-bond acceptors (Lipinski definition) is 0. The third-order valence-electron chi connectivity index (χ3n) is 0.813. The third-order valence-corrected chi connectivity index (χ3v) is 2.16. The van der Waals surface area contributed by atoms with E-state index in [2.05, 4.69) is 44.9 Å². The molecule has 0 aliphatic carbocycles. The SMILES string of the molecule is C/C(=C/CCBr)CBr. The summed E-state index contributed by atoms with van der Waals surface area (Å²) in [6.07, 6.45) is 3.36. The van der Waals surface area contributed by atoms with E-state index in [0.717, 1.165) is 17.1 Å². The first kappa shape index (κ1) is 8.70. The summed E-state index contributed by atoms with van der Waals surface area (Å²) in [4.78, 5) is 0. The molecule has 0 bridgehead atoms. The van der Waals surface area contributed by atoms with Crippen LogP contribution in [0.5, 0.6) is 0 Å². The summed E-state index contributed by atoms with van der Waals surface area (Å²) in [6, 6.07) is 0. The van der Waals surface area contributed by atoms with Gasteiger partial charge in [0, 0.05) is 10.7 Å². The van der Waals surface area contributed by atoms with Gasteiger partial charge in [0.05, 0.1) is 0 Å². The maximum Gasteiger partial charge on any atom is 0.0239 e. The molecule has 0 aromatic rings. The largest absolute Gasteiger partial charge is 0.0925 e. The summed E-state index contributed by atoms with van der Waals surface area (Å²) >= 11 is 6.71. The lowest BCUT2D eigenvalue weighted by atomic mass is 10.3. The Morgan fingerprint density at radius 1 is 1.50 bits per heavy atom. The summed E-state index contributed by atoms with van der Waals surface area (Å²) in [5.74, 6) is 0. The minimum atomic E-state index is 1.00. The zero-order valence-electron chi connectivity index (χ0n) is 4.95. The van der Waals surface area contributed by atoms with Gasteiger partial charge in [-0.3, -0.25) is 0 Å². The molecule has 2 heteroatoms. The van der Waals surface area contributed by atoms with Gasteiger partial charge in [0.15, 0.2) is 0 Å². The van der Waals surface area contributed by atoms with Crippen LogP contribution < -0.4 is 0 Å². The van der Waals surface area contributed by atoms with E-state index < -0.39 is 0 Å². The smallest absolute Gasteiger partial charge is 0.0239 e. The highest BCUT2D eigenvalue weighted by Gasteiger charge is 1.81. The van der Waals surface area contributed by atoms with Crippen LogP contribution in [0.2, 0.25) is 0 Å². The van der Waals surface area contributed by atoms with Gasteiger partial charge in [0.2, 0.25) is 0 Å². The Bertz CT molecular complexity index is 76.6. The molecule has 0 rings (SSSR count). The highest BCUT2D eigenvalue weighted by molar-refractivity contribution is 9.09. The van der Waals surface area contributed by atoms with Crippen LogP contribution in [0.25, 0.3) is 0 Å². The molecular formula is C6H10Br2. The van der Waals surface area contributed by atoms with Crippen molar-refractivity contribution in [2.24, 2.45) is 0 Å². The number of alkyl halides is 2. The Kier molecular flexibility index (Phi) is 6.34. The first-order chi connectivity index (χ1) is 3.81. The summed E-state index contributed by atoms with van der Waals surface area (Å²) in [7, 11) is 0. The first-order valence-corrected chi connectivity index (χ1v) is 4.83. The lowest BCUT2D eigenvalue weighted by molar-refractivity contribution is 1.21. The van der Waals surface area contributed by atoms with Crippen molar-refractivity contribution in [3.05, 3.63) is 11.6 Å². The van der Waals surface area contributed by atoms with Crippen LogP contribution >= 0.6 is 31.9 Å². The predicted octanol–water partition coefficient (Wildman–Crippen LogP) is 3.11. The first-order valence-electron chi connectivity index (χ1n) is 2.58. The van der Waals surface area contributed by atoms with E-state index in [1.165, 1.54) is 5.57 Å². The van der Waals surface area contributed by atoms with E-state index in [9.17, 15) is 0 Å². The van der Waals surface area contributed by atoms with Crippen molar-refractivity contribution in [2.45, 2.75) is 13.3 Å². The Labute approximate surface area is 67.6 Å². The van der Waals surface area contributed by atoms with E-state index in [1.807, 2.05) is 0 Å². The molecule has 0 aliphatic heterocycles. The minimum Gasteiger partial charge on any atom is -0.0925 e. The van der Waals surface area contributed by atoms with E-state index in [4.69, 9.17) is 0 Å². The minimum absolute atomic E-state index is 1.00. The van der Waals surface area contributed by atoms with Crippen LogP contribution in [0, 0.1) is 0 Å². The molecule has 0 saturated carbocycles. The normalized spacial score (nSPS) is 12.1. The van der Waals surface area contributed by atoms with E-state index in [0.29, 0.717) is 0 Å². The van der Waals surface area contributed by atoms with Gasteiger partial charge in [0.1, 0.15) is 0 Å². The van der Waals surface area contributed by atoms with Crippen LogP contribution in [-0.4, -0.2) is 10.7 Å². The van der Waals surface area contributed by atoms with Gasteiger partial charge in [-0.1, -0.05) is 43.5 Å². The second-order valence-electron chi connectivity index (χ2n) is 1.66. The average molecular weight is 242 g/mol. The fraction of sp³-hybridized carbons (Fsp3) is 0.667. The molecule has 0 nitrogen and oxygen atoms in total. The number of hydrogen-bond donors (Lipinski definition) is 0. The maximum absolute atomic E-state index is 3.36. The Balaban J connectivity index is 3.26. The molecule has 8 heavy (non-hydrogen) atoms. The van der Waals surface area contributed by atoms with Gasteiger partial charge in [-0.05, 0) is 13.3 Å². The summed E-state index contributed by atoms with van der Waals surface area (Å²) in [5, 5.41) is 2.07. The molecule has 0 atom stereocenters. The standard InChI is InChI=1S/C6H10Br2/c1-6(5-8)3-2-4-7/h3H,2,4-5H2,1H3/b6-3-. The van der Waals surface area contributed by atoms with Crippen LogP contribution in [0.4, 0.5) is 0 Å². The van der Waals surface area contributed by atoms with Crippen LogP contribution in [-0.2, 0) is 0 Å². The fourth-order valence-electron chi connectivity index (χ4n) is 0.356. The molecule has 0 amide bonds. The zero-order chi connectivity index (χ0) is 6.41. The van der Waals surface area contributed by atoms with Gasteiger partial charge in [-0.25, -0.2) is 0 Å². The highest BCUT2D eigenvalue weighted by atomic mass is 79.9.